The number of rotatable bonds is 20. The summed E-state index contributed by atoms with van der Waals surface area (Å²) in [6.07, 6.45) is 0.148. The molecule has 12 nitrogen and oxygen atoms in total. The quantitative estimate of drug-likeness (QED) is 0.184. The third-order valence-corrected chi connectivity index (χ3v) is 10.9. The van der Waals surface area contributed by atoms with Gasteiger partial charge in [-0.25, -0.2) is 0 Å². The molecule has 0 aromatic heterocycles. The Morgan fingerprint density at radius 2 is 1.52 bits per heavy atom. The molecule has 1 heterocycles. The minimum atomic E-state index is -0.876. The lowest BCUT2D eigenvalue weighted by molar-refractivity contribution is -0.148. The summed E-state index contributed by atoms with van der Waals surface area (Å²) in [5.41, 5.74) is 0.711. The molecule has 1 aromatic carbocycles. The van der Waals surface area contributed by atoms with Gasteiger partial charge in [-0.3, -0.25) is 24.1 Å². The summed E-state index contributed by atoms with van der Waals surface area (Å²) in [6, 6.07) is 6.72. The first kappa shape index (κ1) is 45.1. The molecule has 1 aliphatic rings. The maximum atomic E-state index is 14.2. The van der Waals surface area contributed by atoms with Gasteiger partial charge in [0.2, 0.25) is 23.6 Å². The Kier molecular flexibility index (Phi) is 18.2. The second-order valence-electron chi connectivity index (χ2n) is 15.6. The Morgan fingerprint density at radius 1 is 0.904 bits per heavy atom. The molecule has 10 atom stereocenters. The van der Waals surface area contributed by atoms with E-state index in [0.29, 0.717) is 18.5 Å². The van der Waals surface area contributed by atoms with Crippen molar-refractivity contribution in [1.29, 1.82) is 0 Å². The van der Waals surface area contributed by atoms with Crippen molar-refractivity contribution in [3.05, 3.63) is 35.9 Å². The first-order valence-corrected chi connectivity index (χ1v) is 19.0. The minimum Gasteiger partial charge on any atom is -0.386 e. The number of amides is 4. The van der Waals surface area contributed by atoms with Crippen molar-refractivity contribution in [2.45, 2.75) is 130 Å². The SMILES string of the molecule is CC[C@H](C)[C@@H]([C@@H](CC(=O)N1CCC[C@H]1C(OC)C(C)C(=O)NC(C)C(O)c1ccccc1)OC)N(C)C(=O)[C@@H](NC(=O)[C@H](C(C)C)N(C)C)C(C)C. The van der Waals surface area contributed by atoms with E-state index in [2.05, 4.69) is 10.6 Å². The Labute approximate surface area is 313 Å². The zero-order valence-corrected chi connectivity index (χ0v) is 34.1. The number of aliphatic hydroxyl groups excluding tert-OH is 1. The third kappa shape index (κ3) is 11.5. The highest BCUT2D eigenvalue weighted by Crippen LogP contribution is 2.30. The number of nitrogens with one attached hydrogen (secondary N) is 2. The highest BCUT2D eigenvalue weighted by atomic mass is 16.5. The van der Waals surface area contributed by atoms with Gasteiger partial charge in [0, 0.05) is 27.8 Å². The summed E-state index contributed by atoms with van der Waals surface area (Å²) in [5.74, 6) is -1.57. The van der Waals surface area contributed by atoms with E-state index in [1.54, 1.807) is 44.9 Å². The first-order chi connectivity index (χ1) is 24.4. The van der Waals surface area contributed by atoms with E-state index < -0.39 is 48.4 Å². The van der Waals surface area contributed by atoms with Crippen LogP contribution in [0.1, 0.15) is 92.7 Å². The van der Waals surface area contributed by atoms with Gasteiger partial charge in [-0.1, -0.05) is 85.2 Å². The summed E-state index contributed by atoms with van der Waals surface area (Å²) >= 11 is 0. The number of likely N-dealkylation sites (tertiary alicyclic amines) is 1. The molecule has 1 aromatic rings. The van der Waals surface area contributed by atoms with Gasteiger partial charge in [-0.2, -0.15) is 0 Å². The van der Waals surface area contributed by atoms with Gasteiger partial charge in [0.15, 0.2) is 0 Å². The largest absolute Gasteiger partial charge is 0.386 e. The van der Waals surface area contributed by atoms with Crippen molar-refractivity contribution in [3.63, 3.8) is 0 Å². The smallest absolute Gasteiger partial charge is 0.245 e. The summed E-state index contributed by atoms with van der Waals surface area (Å²) < 4.78 is 11.9. The molecule has 12 heteroatoms. The second-order valence-corrected chi connectivity index (χ2v) is 15.6. The lowest BCUT2D eigenvalue weighted by atomic mass is 9.89. The van der Waals surface area contributed by atoms with Crippen LogP contribution in [0.25, 0.3) is 0 Å². The van der Waals surface area contributed by atoms with E-state index in [4.69, 9.17) is 9.47 Å². The average Bonchev–Trinajstić information content (AvgIpc) is 3.59. The Morgan fingerprint density at radius 3 is 2.02 bits per heavy atom. The molecular weight excluding hydrogens is 662 g/mol. The van der Waals surface area contributed by atoms with Gasteiger partial charge in [0.05, 0.1) is 54.8 Å². The van der Waals surface area contributed by atoms with Gasteiger partial charge in [-0.15, -0.1) is 0 Å². The number of carbonyl (C=O) groups is 4. The van der Waals surface area contributed by atoms with Gasteiger partial charge in [0.1, 0.15) is 6.04 Å². The van der Waals surface area contributed by atoms with Crippen molar-refractivity contribution in [3.8, 4) is 0 Å². The third-order valence-electron chi connectivity index (χ3n) is 10.9. The van der Waals surface area contributed by atoms with Crippen LogP contribution < -0.4 is 10.6 Å². The van der Waals surface area contributed by atoms with Crippen molar-refractivity contribution >= 4 is 23.6 Å². The summed E-state index contributed by atoms with van der Waals surface area (Å²) in [5, 5.41) is 16.8. The molecule has 52 heavy (non-hydrogen) atoms. The van der Waals surface area contributed by atoms with Crippen LogP contribution >= 0.6 is 0 Å². The number of hydrogen-bond acceptors (Lipinski definition) is 8. The molecule has 2 rings (SSSR count). The molecule has 1 saturated heterocycles. The van der Waals surface area contributed by atoms with Crippen LogP contribution in [0.4, 0.5) is 0 Å². The normalized spacial score (nSPS) is 20.1. The average molecular weight is 732 g/mol. The van der Waals surface area contributed by atoms with E-state index in [9.17, 15) is 24.3 Å². The zero-order chi connectivity index (χ0) is 39.4. The van der Waals surface area contributed by atoms with E-state index in [-0.39, 0.29) is 53.8 Å². The van der Waals surface area contributed by atoms with E-state index in [1.807, 2.05) is 90.9 Å². The van der Waals surface area contributed by atoms with Crippen LogP contribution in [0.15, 0.2) is 30.3 Å². The van der Waals surface area contributed by atoms with Crippen LogP contribution in [-0.4, -0.2) is 128 Å². The fourth-order valence-electron chi connectivity index (χ4n) is 7.78. The second kappa shape index (κ2) is 21.0. The number of ether oxygens (including phenoxy) is 2. The van der Waals surface area contributed by atoms with Crippen LogP contribution in [0.2, 0.25) is 0 Å². The van der Waals surface area contributed by atoms with Crippen molar-refractivity contribution in [2.75, 3.05) is 41.9 Å². The van der Waals surface area contributed by atoms with Gasteiger partial charge >= 0.3 is 0 Å². The monoisotopic (exact) mass is 732 g/mol. The minimum absolute atomic E-state index is 0.0153. The number of likely N-dealkylation sites (N-methyl/N-ethyl adjacent to an activating group) is 2. The van der Waals surface area contributed by atoms with Gasteiger partial charge < -0.3 is 35.0 Å². The number of benzene rings is 1. The van der Waals surface area contributed by atoms with Gasteiger partial charge in [-0.05, 0) is 57.2 Å². The molecule has 0 saturated carbocycles. The van der Waals surface area contributed by atoms with Crippen LogP contribution in [0, 0.1) is 23.7 Å². The number of hydrogen-bond donors (Lipinski definition) is 3. The lowest BCUT2D eigenvalue weighted by Crippen LogP contribution is -2.59. The Hall–Kier alpha value is -3.06. The van der Waals surface area contributed by atoms with Gasteiger partial charge in [0.25, 0.3) is 0 Å². The topological polar surface area (TPSA) is 141 Å². The standard InChI is InChI=1S/C40H69N5O7/c1-14-26(6)35(44(11)40(50)33(24(2)3)42-39(49)34(25(4)5)43(9)10)31(51-12)23-32(46)45-22-18-21-30(45)37(52-13)27(7)38(48)41-28(8)36(47)29-19-16-15-17-20-29/h15-17,19-20,24-28,30-31,33-37,47H,14,18,21-23H2,1-13H3,(H,41,48)(H,42,49)/t26-,27?,28?,30-,31+,33-,34-,35-,36?,37?/m0/s1. The number of nitrogens with zero attached hydrogens (tertiary/aromatic N) is 3. The van der Waals surface area contributed by atoms with Crippen molar-refractivity contribution in [1.82, 2.24) is 25.3 Å². The highest BCUT2D eigenvalue weighted by molar-refractivity contribution is 5.90. The lowest BCUT2D eigenvalue weighted by Gasteiger charge is -2.41. The van der Waals surface area contributed by atoms with Crippen LogP contribution in [0.5, 0.6) is 0 Å². The molecule has 3 N–H and O–H groups in total. The summed E-state index contributed by atoms with van der Waals surface area (Å²) in [4.78, 5) is 60.6. The number of aliphatic hydroxyl groups is 1. The van der Waals surface area contributed by atoms with Crippen molar-refractivity contribution in [2.24, 2.45) is 23.7 Å². The molecule has 296 valence electrons. The Balaban J connectivity index is 2.25. The fourth-order valence-corrected chi connectivity index (χ4v) is 7.78. The molecular formula is C40H69N5O7. The zero-order valence-electron chi connectivity index (χ0n) is 34.1. The molecule has 1 aliphatic heterocycles. The molecule has 0 spiro atoms. The maximum absolute atomic E-state index is 14.2. The first-order valence-electron chi connectivity index (χ1n) is 19.0. The molecule has 0 bridgehead atoms. The van der Waals surface area contributed by atoms with Crippen LogP contribution in [0.3, 0.4) is 0 Å². The predicted octanol–water partition coefficient (Wildman–Crippen LogP) is 3.87. The highest BCUT2D eigenvalue weighted by Gasteiger charge is 2.43. The Bertz CT molecular complexity index is 1270. The van der Waals surface area contributed by atoms with E-state index >= 15 is 0 Å². The fraction of sp³-hybridized carbons (Fsp3) is 0.750. The molecule has 4 unspecified atom stereocenters. The van der Waals surface area contributed by atoms with E-state index in [1.165, 1.54) is 0 Å². The molecule has 1 fully saturated rings. The molecule has 0 aliphatic carbocycles. The van der Waals surface area contributed by atoms with Crippen molar-refractivity contribution < 1.29 is 33.8 Å². The summed E-state index contributed by atoms with van der Waals surface area (Å²) in [6.45, 7) is 16.0. The maximum Gasteiger partial charge on any atom is 0.245 e. The predicted molar refractivity (Wildman–Crippen MR) is 204 cm³/mol. The summed E-state index contributed by atoms with van der Waals surface area (Å²) in [7, 11) is 8.57. The number of methoxy groups -OCH3 is 2. The van der Waals surface area contributed by atoms with E-state index in [0.717, 1.165) is 12.8 Å². The molecule has 4 amide bonds. The molecule has 0 radical (unpaired) electrons. The van der Waals surface area contributed by atoms with Crippen LogP contribution in [-0.2, 0) is 28.7 Å². The number of carbonyl (C=O) groups excluding carboxylic acids is 4.